The molecule has 0 bridgehead atoms. The van der Waals surface area contributed by atoms with E-state index in [1.54, 1.807) is 24.3 Å². The summed E-state index contributed by atoms with van der Waals surface area (Å²) in [5, 5.41) is 23.9. The Labute approximate surface area is 243 Å². The molecule has 0 amide bonds. The Morgan fingerprint density at radius 3 is 1.83 bits per heavy atom. The first-order valence-corrected chi connectivity index (χ1v) is 14.6. The summed E-state index contributed by atoms with van der Waals surface area (Å²) in [6.45, 7) is 6.33. The van der Waals surface area contributed by atoms with Crippen molar-refractivity contribution in [2.45, 2.75) is 57.4 Å². The Bertz CT molecular complexity index is 1080. The predicted molar refractivity (Wildman–Crippen MR) is 162 cm³/mol. The quantitative estimate of drug-likeness (QED) is 0.0971. The smallest absolute Gasteiger partial charge is 0.303 e. The van der Waals surface area contributed by atoms with E-state index in [0.29, 0.717) is 30.4 Å². The number of piperidine rings is 1. The van der Waals surface area contributed by atoms with E-state index in [2.05, 4.69) is 9.80 Å². The van der Waals surface area contributed by atoms with Crippen LogP contribution in [0.1, 0.15) is 62.5 Å². The highest BCUT2D eigenvalue weighted by molar-refractivity contribution is 5.95. The lowest BCUT2D eigenvalue weighted by molar-refractivity contribution is -0.137. The van der Waals surface area contributed by atoms with Gasteiger partial charge in [0.05, 0.1) is 13.2 Å². The zero-order chi connectivity index (χ0) is 29.5. The van der Waals surface area contributed by atoms with Crippen LogP contribution in [0.15, 0.2) is 48.5 Å². The summed E-state index contributed by atoms with van der Waals surface area (Å²) in [6.07, 6.45) is 7.01. The van der Waals surface area contributed by atoms with Crippen LogP contribution in [0.4, 0.5) is 0 Å². The monoisotopic (exact) mass is 566 g/mol. The molecule has 0 spiro atoms. The van der Waals surface area contributed by atoms with Gasteiger partial charge in [0.15, 0.2) is 0 Å². The molecule has 1 saturated heterocycles. The first-order chi connectivity index (χ1) is 19.8. The summed E-state index contributed by atoms with van der Waals surface area (Å²) in [7, 11) is 0. The molecule has 0 radical (unpaired) electrons. The summed E-state index contributed by atoms with van der Waals surface area (Å²) in [5.41, 5.74) is 12.4. The maximum absolute atomic E-state index is 10.9. The number of nitrogens with zero attached hydrogens (tertiary/aromatic N) is 2. The first-order valence-electron chi connectivity index (χ1n) is 14.6. The number of amidine groups is 2. The molecule has 224 valence electrons. The molecule has 2 aromatic rings. The van der Waals surface area contributed by atoms with Crippen molar-refractivity contribution < 1.29 is 19.4 Å². The van der Waals surface area contributed by atoms with Gasteiger partial charge in [-0.2, -0.15) is 0 Å². The van der Waals surface area contributed by atoms with Crippen molar-refractivity contribution in [2.24, 2.45) is 11.5 Å². The van der Waals surface area contributed by atoms with E-state index in [9.17, 15) is 4.79 Å². The van der Waals surface area contributed by atoms with Gasteiger partial charge < -0.3 is 35.8 Å². The third kappa shape index (κ3) is 11.8. The van der Waals surface area contributed by atoms with Gasteiger partial charge in [-0.3, -0.25) is 15.6 Å². The van der Waals surface area contributed by atoms with Crippen LogP contribution in [-0.2, 0) is 4.79 Å². The molecule has 1 aliphatic heterocycles. The van der Waals surface area contributed by atoms with Crippen LogP contribution < -0.4 is 20.9 Å². The maximum atomic E-state index is 10.9. The minimum Gasteiger partial charge on any atom is -0.494 e. The maximum Gasteiger partial charge on any atom is 0.303 e. The molecule has 2 aromatic carbocycles. The fourth-order valence-corrected chi connectivity index (χ4v) is 5.15. The zero-order valence-corrected chi connectivity index (χ0v) is 24.0. The van der Waals surface area contributed by atoms with Gasteiger partial charge in [-0.1, -0.05) is 6.42 Å². The number of hydrogen-bond acceptors (Lipinski definition) is 7. The van der Waals surface area contributed by atoms with E-state index >= 15 is 0 Å². The lowest BCUT2D eigenvalue weighted by atomic mass is 10.0. The summed E-state index contributed by atoms with van der Waals surface area (Å²) < 4.78 is 11.8. The van der Waals surface area contributed by atoms with Crippen LogP contribution in [0, 0.1) is 10.8 Å². The van der Waals surface area contributed by atoms with Crippen LogP contribution in [0.25, 0.3) is 0 Å². The molecule has 0 atom stereocenters. The molecule has 1 aliphatic rings. The molecule has 1 fully saturated rings. The van der Waals surface area contributed by atoms with E-state index in [4.69, 9.17) is 36.9 Å². The summed E-state index contributed by atoms with van der Waals surface area (Å²) in [6, 6.07) is 15.1. The number of nitrogens with one attached hydrogen (secondary N) is 2. The molecule has 3 rings (SSSR count). The Morgan fingerprint density at radius 2 is 1.32 bits per heavy atom. The minimum absolute atomic E-state index is 0.0484. The summed E-state index contributed by atoms with van der Waals surface area (Å²) in [4.78, 5) is 15.9. The molecule has 1 heterocycles. The van der Waals surface area contributed by atoms with Crippen LogP contribution in [0.2, 0.25) is 0 Å². The van der Waals surface area contributed by atoms with Gasteiger partial charge in [0, 0.05) is 36.7 Å². The van der Waals surface area contributed by atoms with Crippen molar-refractivity contribution in [3.63, 3.8) is 0 Å². The van der Waals surface area contributed by atoms with E-state index in [0.717, 1.165) is 89.2 Å². The lowest BCUT2D eigenvalue weighted by Gasteiger charge is -2.38. The molecular formula is C31H46N6O4. The molecule has 7 N–H and O–H groups in total. The fraction of sp³-hybridized carbons (Fsp3) is 0.516. The van der Waals surface area contributed by atoms with Gasteiger partial charge in [-0.15, -0.1) is 0 Å². The Balaban J connectivity index is 1.38. The average Bonchev–Trinajstić information content (AvgIpc) is 2.97. The highest BCUT2D eigenvalue weighted by Gasteiger charge is 2.24. The number of benzene rings is 2. The number of ether oxygens (including phenoxy) is 2. The Kier molecular flexibility index (Phi) is 13.4. The summed E-state index contributed by atoms with van der Waals surface area (Å²) >= 11 is 0. The molecular weight excluding hydrogens is 520 g/mol. The SMILES string of the molecule is N=C(N)c1ccc(OCCCN2CCC(N(CCCCCC(=O)O)CCCOc3ccc(C(=N)N)cc3)CC2)cc1. The van der Waals surface area contributed by atoms with E-state index in [-0.39, 0.29) is 18.1 Å². The lowest BCUT2D eigenvalue weighted by Crippen LogP contribution is -2.46. The van der Waals surface area contributed by atoms with Crippen molar-refractivity contribution in [3.8, 4) is 11.5 Å². The van der Waals surface area contributed by atoms with E-state index < -0.39 is 5.97 Å². The largest absolute Gasteiger partial charge is 0.494 e. The van der Waals surface area contributed by atoms with Gasteiger partial charge in [0.25, 0.3) is 0 Å². The van der Waals surface area contributed by atoms with Gasteiger partial charge in [-0.05, 0) is 107 Å². The molecule has 10 heteroatoms. The van der Waals surface area contributed by atoms with Crippen molar-refractivity contribution in [1.29, 1.82) is 10.8 Å². The van der Waals surface area contributed by atoms with Crippen LogP contribution in [0.5, 0.6) is 11.5 Å². The predicted octanol–water partition coefficient (Wildman–Crippen LogP) is 3.90. The molecule has 0 unspecified atom stereocenters. The Morgan fingerprint density at radius 1 is 0.805 bits per heavy atom. The number of carbonyl (C=O) groups is 1. The third-order valence-electron chi connectivity index (χ3n) is 7.49. The standard InChI is InChI=1S/C31H46N6O4/c32-30(33)24-7-11-27(12-8-24)40-22-4-17-36-20-15-26(16-21-36)37(18-3-1-2-6-29(38)39)19-5-23-41-28-13-9-25(10-14-28)31(34)35/h7-14,26H,1-6,15-23H2,(H3,32,33)(H3,34,35)(H,38,39). The topological polar surface area (TPSA) is 162 Å². The third-order valence-corrected chi connectivity index (χ3v) is 7.49. The number of unbranched alkanes of at least 4 members (excludes halogenated alkanes) is 2. The normalized spacial score (nSPS) is 14.2. The van der Waals surface area contributed by atoms with E-state index in [1.807, 2.05) is 24.3 Å². The zero-order valence-electron chi connectivity index (χ0n) is 24.0. The van der Waals surface area contributed by atoms with Gasteiger partial charge >= 0.3 is 5.97 Å². The van der Waals surface area contributed by atoms with Crippen molar-refractivity contribution in [1.82, 2.24) is 9.80 Å². The average molecular weight is 567 g/mol. The van der Waals surface area contributed by atoms with Gasteiger partial charge in [-0.25, -0.2) is 0 Å². The second kappa shape index (κ2) is 17.2. The second-order valence-electron chi connectivity index (χ2n) is 10.6. The number of aliphatic carboxylic acids is 1. The van der Waals surface area contributed by atoms with Crippen LogP contribution >= 0.6 is 0 Å². The number of hydrogen-bond donors (Lipinski definition) is 5. The Hall–Kier alpha value is -3.63. The highest BCUT2D eigenvalue weighted by Crippen LogP contribution is 2.19. The number of nitrogen functional groups attached to an aromatic ring is 2. The van der Waals surface area contributed by atoms with Crippen molar-refractivity contribution >= 4 is 17.6 Å². The van der Waals surface area contributed by atoms with Crippen molar-refractivity contribution in [3.05, 3.63) is 59.7 Å². The molecule has 0 saturated carbocycles. The van der Waals surface area contributed by atoms with E-state index in [1.165, 1.54) is 0 Å². The fourth-order valence-electron chi connectivity index (χ4n) is 5.15. The molecule has 10 nitrogen and oxygen atoms in total. The number of rotatable bonds is 19. The minimum atomic E-state index is -0.723. The molecule has 41 heavy (non-hydrogen) atoms. The number of nitrogens with two attached hydrogens (primary N) is 2. The highest BCUT2D eigenvalue weighted by atomic mass is 16.5. The van der Waals surface area contributed by atoms with Crippen LogP contribution in [0.3, 0.4) is 0 Å². The van der Waals surface area contributed by atoms with Crippen molar-refractivity contribution in [2.75, 3.05) is 45.9 Å². The van der Waals surface area contributed by atoms with Gasteiger partial charge in [0.2, 0.25) is 0 Å². The number of carboxylic acids is 1. The second-order valence-corrected chi connectivity index (χ2v) is 10.6. The number of likely N-dealkylation sites (tertiary alicyclic amines) is 1. The van der Waals surface area contributed by atoms with Crippen LogP contribution in [-0.4, -0.2) is 84.5 Å². The molecule has 0 aliphatic carbocycles. The molecule has 0 aromatic heterocycles. The summed E-state index contributed by atoms with van der Waals surface area (Å²) in [5.74, 6) is 0.957. The first kappa shape index (κ1) is 31.9. The number of carboxylic acid groups (broad SMARTS) is 1. The van der Waals surface area contributed by atoms with Gasteiger partial charge in [0.1, 0.15) is 23.2 Å².